The van der Waals surface area contributed by atoms with Crippen molar-refractivity contribution in [1.82, 2.24) is 0 Å². The molecule has 0 aromatic heterocycles. The highest BCUT2D eigenvalue weighted by Gasteiger charge is 2.39. The molecule has 2 rings (SSSR count). The molecule has 0 unspecified atom stereocenters. The van der Waals surface area contributed by atoms with Gasteiger partial charge < -0.3 is 5.73 Å². The summed E-state index contributed by atoms with van der Waals surface area (Å²) in [6.45, 7) is 0. The van der Waals surface area contributed by atoms with Crippen molar-refractivity contribution < 1.29 is 13.2 Å². The summed E-state index contributed by atoms with van der Waals surface area (Å²) in [4.78, 5) is 0. The standard InChI is InChI=1S/C10H10F3N/c11-6-2-3-7(12)9(13)8(6)10(14)4-1-5-10/h2-3H,1,4-5,14H2. The van der Waals surface area contributed by atoms with Gasteiger partial charge in [0.25, 0.3) is 0 Å². The minimum atomic E-state index is -1.15. The van der Waals surface area contributed by atoms with Crippen molar-refractivity contribution in [1.29, 1.82) is 0 Å². The van der Waals surface area contributed by atoms with Crippen molar-refractivity contribution in [2.45, 2.75) is 24.8 Å². The van der Waals surface area contributed by atoms with Gasteiger partial charge in [0.05, 0.1) is 0 Å². The molecule has 76 valence electrons. The van der Waals surface area contributed by atoms with Gasteiger partial charge in [0, 0.05) is 11.1 Å². The van der Waals surface area contributed by atoms with E-state index >= 15 is 0 Å². The molecule has 14 heavy (non-hydrogen) atoms. The van der Waals surface area contributed by atoms with E-state index in [1.54, 1.807) is 0 Å². The van der Waals surface area contributed by atoms with Crippen LogP contribution in [0, 0.1) is 17.5 Å². The summed E-state index contributed by atoms with van der Waals surface area (Å²) in [6, 6.07) is 1.69. The van der Waals surface area contributed by atoms with Crippen LogP contribution in [0.3, 0.4) is 0 Å². The summed E-state index contributed by atoms with van der Waals surface area (Å²) in [5, 5.41) is 0. The predicted octanol–water partition coefficient (Wildman–Crippen LogP) is 2.44. The lowest BCUT2D eigenvalue weighted by molar-refractivity contribution is 0.233. The van der Waals surface area contributed by atoms with Crippen molar-refractivity contribution in [3.05, 3.63) is 35.1 Å². The van der Waals surface area contributed by atoms with E-state index in [1.807, 2.05) is 0 Å². The molecule has 1 aromatic carbocycles. The Hall–Kier alpha value is -1.03. The van der Waals surface area contributed by atoms with E-state index < -0.39 is 23.0 Å². The average molecular weight is 201 g/mol. The van der Waals surface area contributed by atoms with Crippen molar-refractivity contribution in [3.8, 4) is 0 Å². The Morgan fingerprint density at radius 2 is 1.64 bits per heavy atom. The molecule has 2 N–H and O–H groups in total. The third-order valence-corrected chi connectivity index (χ3v) is 2.79. The average Bonchev–Trinajstić information content (AvgIpc) is 2.09. The molecule has 1 fully saturated rings. The van der Waals surface area contributed by atoms with Crippen LogP contribution in [-0.4, -0.2) is 0 Å². The van der Waals surface area contributed by atoms with Gasteiger partial charge in [-0.15, -0.1) is 0 Å². The van der Waals surface area contributed by atoms with Crippen LogP contribution in [0.2, 0.25) is 0 Å². The molecule has 0 bridgehead atoms. The Balaban J connectivity index is 2.56. The molecular formula is C10H10F3N. The van der Waals surface area contributed by atoms with Crippen LogP contribution in [0.4, 0.5) is 13.2 Å². The van der Waals surface area contributed by atoms with Gasteiger partial charge >= 0.3 is 0 Å². The van der Waals surface area contributed by atoms with Gasteiger partial charge in [0.1, 0.15) is 5.82 Å². The van der Waals surface area contributed by atoms with E-state index in [2.05, 4.69) is 0 Å². The van der Waals surface area contributed by atoms with Crippen molar-refractivity contribution in [2.24, 2.45) is 5.73 Å². The van der Waals surface area contributed by atoms with Crippen LogP contribution in [0.25, 0.3) is 0 Å². The SMILES string of the molecule is NC1(c2c(F)ccc(F)c2F)CCC1. The van der Waals surface area contributed by atoms with Gasteiger partial charge in [-0.2, -0.15) is 0 Å². The number of halogens is 3. The van der Waals surface area contributed by atoms with Gasteiger partial charge in [-0.05, 0) is 31.4 Å². The maximum atomic E-state index is 13.3. The van der Waals surface area contributed by atoms with E-state index in [0.29, 0.717) is 12.8 Å². The zero-order chi connectivity index (χ0) is 10.3. The topological polar surface area (TPSA) is 26.0 Å². The van der Waals surface area contributed by atoms with E-state index in [-0.39, 0.29) is 5.56 Å². The second kappa shape index (κ2) is 2.98. The minimum Gasteiger partial charge on any atom is -0.321 e. The van der Waals surface area contributed by atoms with Gasteiger partial charge in [-0.3, -0.25) is 0 Å². The maximum absolute atomic E-state index is 13.3. The summed E-state index contributed by atoms with van der Waals surface area (Å²) >= 11 is 0. The van der Waals surface area contributed by atoms with Crippen molar-refractivity contribution >= 4 is 0 Å². The second-order valence-electron chi connectivity index (χ2n) is 3.73. The highest BCUT2D eigenvalue weighted by Crippen LogP contribution is 2.41. The van der Waals surface area contributed by atoms with Crippen LogP contribution in [0.15, 0.2) is 12.1 Å². The molecule has 0 aliphatic heterocycles. The van der Waals surface area contributed by atoms with E-state index in [9.17, 15) is 13.2 Å². The largest absolute Gasteiger partial charge is 0.321 e. The Morgan fingerprint density at radius 3 is 2.14 bits per heavy atom. The van der Waals surface area contributed by atoms with Gasteiger partial charge in [-0.25, -0.2) is 13.2 Å². The minimum absolute atomic E-state index is 0.302. The van der Waals surface area contributed by atoms with Gasteiger partial charge in [-0.1, -0.05) is 0 Å². The smallest absolute Gasteiger partial charge is 0.166 e. The molecule has 0 amide bonds. The lowest BCUT2D eigenvalue weighted by atomic mass is 9.72. The third-order valence-electron chi connectivity index (χ3n) is 2.79. The summed E-state index contributed by atoms with van der Waals surface area (Å²) in [7, 11) is 0. The molecule has 0 heterocycles. The van der Waals surface area contributed by atoms with Gasteiger partial charge in [0.15, 0.2) is 11.6 Å². The van der Waals surface area contributed by atoms with E-state index in [0.717, 1.165) is 18.6 Å². The third kappa shape index (κ3) is 1.21. The Morgan fingerprint density at radius 1 is 1.07 bits per heavy atom. The molecule has 1 nitrogen and oxygen atoms in total. The first kappa shape index (κ1) is 9.52. The Bertz CT molecular complexity index is 372. The fourth-order valence-corrected chi connectivity index (χ4v) is 1.79. The van der Waals surface area contributed by atoms with Crippen LogP contribution < -0.4 is 5.73 Å². The maximum Gasteiger partial charge on any atom is 0.166 e. The number of benzene rings is 1. The molecule has 0 saturated heterocycles. The second-order valence-corrected chi connectivity index (χ2v) is 3.73. The van der Waals surface area contributed by atoms with Crippen LogP contribution in [0.5, 0.6) is 0 Å². The first-order valence-electron chi connectivity index (χ1n) is 4.47. The number of rotatable bonds is 1. The predicted molar refractivity (Wildman–Crippen MR) is 46.0 cm³/mol. The number of nitrogens with two attached hydrogens (primary N) is 1. The quantitative estimate of drug-likeness (QED) is 0.694. The molecule has 4 heteroatoms. The van der Waals surface area contributed by atoms with E-state index in [4.69, 9.17) is 5.73 Å². The monoisotopic (exact) mass is 201 g/mol. The summed E-state index contributed by atoms with van der Waals surface area (Å²) in [6.07, 6.45) is 1.83. The fraction of sp³-hybridized carbons (Fsp3) is 0.400. The van der Waals surface area contributed by atoms with Crippen LogP contribution in [-0.2, 0) is 5.54 Å². The van der Waals surface area contributed by atoms with Gasteiger partial charge in [0.2, 0.25) is 0 Å². The number of hydrogen-bond acceptors (Lipinski definition) is 1. The molecule has 1 saturated carbocycles. The highest BCUT2D eigenvalue weighted by atomic mass is 19.2. The molecular weight excluding hydrogens is 191 g/mol. The first-order chi connectivity index (χ1) is 6.54. The van der Waals surface area contributed by atoms with Crippen molar-refractivity contribution in [3.63, 3.8) is 0 Å². The summed E-state index contributed by atoms with van der Waals surface area (Å²) in [5.41, 5.74) is 4.44. The van der Waals surface area contributed by atoms with E-state index in [1.165, 1.54) is 0 Å². The highest BCUT2D eigenvalue weighted by molar-refractivity contribution is 5.30. The molecule has 0 spiro atoms. The van der Waals surface area contributed by atoms with Crippen LogP contribution in [0.1, 0.15) is 24.8 Å². The summed E-state index contributed by atoms with van der Waals surface area (Å²) in [5.74, 6) is -2.95. The lowest BCUT2D eigenvalue weighted by Gasteiger charge is -2.38. The molecule has 1 aromatic rings. The van der Waals surface area contributed by atoms with Crippen molar-refractivity contribution in [2.75, 3.05) is 0 Å². The molecule has 1 aliphatic rings. The van der Waals surface area contributed by atoms with Crippen LogP contribution >= 0.6 is 0 Å². The normalized spacial score (nSPS) is 19.1. The molecule has 1 aliphatic carbocycles. The molecule has 0 radical (unpaired) electrons. The lowest BCUT2D eigenvalue weighted by Crippen LogP contribution is -2.45. The Kier molecular flexibility index (Phi) is 2.03. The summed E-state index contributed by atoms with van der Waals surface area (Å²) < 4.78 is 39.4. The molecule has 0 atom stereocenters. The number of hydrogen-bond donors (Lipinski definition) is 1. The zero-order valence-electron chi connectivity index (χ0n) is 7.49. The zero-order valence-corrected chi connectivity index (χ0v) is 7.49. The Labute approximate surface area is 79.7 Å². The first-order valence-corrected chi connectivity index (χ1v) is 4.47. The fourth-order valence-electron chi connectivity index (χ4n) is 1.79.